The summed E-state index contributed by atoms with van der Waals surface area (Å²) in [6.45, 7) is 6.44. The molecule has 0 saturated carbocycles. The summed E-state index contributed by atoms with van der Waals surface area (Å²) in [5.41, 5.74) is 2.84. The predicted octanol–water partition coefficient (Wildman–Crippen LogP) is 2.63. The van der Waals surface area contributed by atoms with Gasteiger partial charge in [0.25, 0.3) is 0 Å². The first-order valence-corrected chi connectivity index (χ1v) is 6.05. The molecule has 1 aromatic carbocycles. The summed E-state index contributed by atoms with van der Waals surface area (Å²) in [5, 5.41) is 0. The number of anilines is 1. The molecule has 0 N–H and O–H groups in total. The highest BCUT2D eigenvalue weighted by molar-refractivity contribution is 5.91. The van der Waals surface area contributed by atoms with Crippen LogP contribution in [0.1, 0.15) is 29.3 Å². The maximum atomic E-state index is 11.5. The molecule has 1 heterocycles. The highest BCUT2D eigenvalue weighted by Gasteiger charge is 2.19. The van der Waals surface area contributed by atoms with E-state index >= 15 is 0 Å². The molecule has 0 bridgehead atoms. The predicted molar refractivity (Wildman–Crippen MR) is 68.5 cm³/mol. The standard InChI is InChI=1S/C14H19NO2/c1-10-6-7-15(9-10)12-4-5-13(11(2)8-12)14(16)17-3/h4-5,8,10H,6-7,9H2,1-3H3/t10-/m0/s1. The first kappa shape index (κ1) is 12.0. The Morgan fingerprint density at radius 3 is 2.76 bits per heavy atom. The lowest BCUT2D eigenvalue weighted by Crippen LogP contribution is -2.19. The van der Waals surface area contributed by atoms with Crippen molar-refractivity contribution in [2.24, 2.45) is 5.92 Å². The van der Waals surface area contributed by atoms with Crippen LogP contribution in [-0.2, 0) is 4.74 Å². The topological polar surface area (TPSA) is 29.5 Å². The number of esters is 1. The number of benzene rings is 1. The van der Waals surface area contributed by atoms with Crippen molar-refractivity contribution < 1.29 is 9.53 Å². The average molecular weight is 233 g/mol. The Balaban J connectivity index is 2.22. The van der Waals surface area contributed by atoms with Gasteiger partial charge in [-0.25, -0.2) is 4.79 Å². The lowest BCUT2D eigenvalue weighted by molar-refractivity contribution is 0.0600. The zero-order valence-electron chi connectivity index (χ0n) is 10.7. The fourth-order valence-electron chi connectivity index (χ4n) is 2.35. The summed E-state index contributed by atoms with van der Waals surface area (Å²) in [4.78, 5) is 13.9. The minimum atomic E-state index is -0.260. The van der Waals surface area contributed by atoms with E-state index in [0.717, 1.165) is 24.6 Å². The maximum Gasteiger partial charge on any atom is 0.338 e. The third kappa shape index (κ3) is 2.43. The molecule has 1 aliphatic heterocycles. The van der Waals surface area contributed by atoms with Crippen molar-refractivity contribution in [2.75, 3.05) is 25.1 Å². The highest BCUT2D eigenvalue weighted by Crippen LogP contribution is 2.25. The first-order valence-electron chi connectivity index (χ1n) is 6.05. The Kier molecular flexibility index (Phi) is 3.36. The van der Waals surface area contributed by atoms with Crippen LogP contribution in [0.4, 0.5) is 5.69 Å². The Bertz CT molecular complexity index is 428. The summed E-state index contributed by atoms with van der Waals surface area (Å²) < 4.78 is 4.75. The van der Waals surface area contributed by atoms with Crippen molar-refractivity contribution in [3.63, 3.8) is 0 Å². The molecule has 0 aliphatic carbocycles. The van der Waals surface area contributed by atoms with E-state index in [4.69, 9.17) is 4.74 Å². The molecule has 17 heavy (non-hydrogen) atoms. The third-order valence-corrected chi connectivity index (χ3v) is 3.40. The minimum absolute atomic E-state index is 0.260. The second-order valence-electron chi connectivity index (χ2n) is 4.83. The lowest BCUT2D eigenvalue weighted by Gasteiger charge is -2.19. The number of carbonyl (C=O) groups excluding carboxylic acids is 1. The van der Waals surface area contributed by atoms with Crippen molar-refractivity contribution in [3.05, 3.63) is 29.3 Å². The highest BCUT2D eigenvalue weighted by atomic mass is 16.5. The van der Waals surface area contributed by atoms with E-state index in [-0.39, 0.29) is 5.97 Å². The molecule has 92 valence electrons. The number of hydrogen-bond acceptors (Lipinski definition) is 3. The van der Waals surface area contributed by atoms with Crippen LogP contribution in [0.25, 0.3) is 0 Å². The van der Waals surface area contributed by atoms with Crippen LogP contribution in [0.2, 0.25) is 0 Å². The molecule has 0 aromatic heterocycles. The lowest BCUT2D eigenvalue weighted by atomic mass is 10.1. The number of rotatable bonds is 2. The van der Waals surface area contributed by atoms with E-state index in [1.165, 1.54) is 19.2 Å². The van der Waals surface area contributed by atoms with Gasteiger partial charge in [-0.15, -0.1) is 0 Å². The van der Waals surface area contributed by atoms with Crippen molar-refractivity contribution >= 4 is 11.7 Å². The van der Waals surface area contributed by atoms with Crippen molar-refractivity contribution in [1.29, 1.82) is 0 Å². The van der Waals surface area contributed by atoms with Crippen molar-refractivity contribution in [2.45, 2.75) is 20.3 Å². The van der Waals surface area contributed by atoms with E-state index in [2.05, 4.69) is 17.9 Å². The second kappa shape index (κ2) is 4.78. The SMILES string of the molecule is COC(=O)c1ccc(N2CC[C@H](C)C2)cc1C. The third-order valence-electron chi connectivity index (χ3n) is 3.40. The number of carbonyl (C=O) groups is 1. The minimum Gasteiger partial charge on any atom is -0.465 e. The van der Waals surface area contributed by atoms with E-state index in [9.17, 15) is 4.79 Å². The van der Waals surface area contributed by atoms with E-state index in [1.807, 2.05) is 19.1 Å². The molecule has 1 aliphatic rings. The first-order chi connectivity index (χ1) is 8.11. The quantitative estimate of drug-likeness (QED) is 0.735. The smallest absolute Gasteiger partial charge is 0.338 e. The normalized spacial score (nSPS) is 19.5. The Morgan fingerprint density at radius 2 is 2.24 bits per heavy atom. The molecule has 1 atom stereocenters. The molecule has 0 radical (unpaired) electrons. The molecule has 3 nitrogen and oxygen atoms in total. The number of nitrogens with zero attached hydrogens (tertiary/aromatic N) is 1. The summed E-state index contributed by atoms with van der Waals surface area (Å²) in [6, 6.07) is 5.95. The van der Waals surface area contributed by atoms with E-state index in [0.29, 0.717) is 5.56 Å². The fraction of sp³-hybridized carbons (Fsp3) is 0.500. The zero-order valence-corrected chi connectivity index (χ0v) is 10.7. The molecule has 1 saturated heterocycles. The van der Waals surface area contributed by atoms with Gasteiger partial charge in [-0.3, -0.25) is 0 Å². The van der Waals surface area contributed by atoms with Gasteiger partial charge in [-0.2, -0.15) is 0 Å². The number of methoxy groups -OCH3 is 1. The fourth-order valence-corrected chi connectivity index (χ4v) is 2.35. The van der Waals surface area contributed by atoms with Gasteiger partial charge in [0.05, 0.1) is 12.7 Å². The van der Waals surface area contributed by atoms with Gasteiger partial charge in [0.2, 0.25) is 0 Å². The molecule has 0 unspecified atom stereocenters. The van der Waals surface area contributed by atoms with Gasteiger partial charge in [-0.05, 0) is 43.0 Å². The number of hydrogen-bond donors (Lipinski definition) is 0. The molecule has 2 rings (SSSR count). The summed E-state index contributed by atoms with van der Waals surface area (Å²) in [6.07, 6.45) is 1.25. The van der Waals surface area contributed by atoms with Gasteiger partial charge in [-0.1, -0.05) is 6.92 Å². The molecule has 3 heteroatoms. The molecule has 0 amide bonds. The van der Waals surface area contributed by atoms with Gasteiger partial charge < -0.3 is 9.64 Å². The summed E-state index contributed by atoms with van der Waals surface area (Å²) >= 11 is 0. The largest absolute Gasteiger partial charge is 0.465 e. The van der Waals surface area contributed by atoms with Crippen molar-refractivity contribution in [1.82, 2.24) is 0 Å². The van der Waals surface area contributed by atoms with Crippen LogP contribution < -0.4 is 4.90 Å². The second-order valence-corrected chi connectivity index (χ2v) is 4.83. The molecule has 1 fully saturated rings. The van der Waals surface area contributed by atoms with Crippen LogP contribution in [0, 0.1) is 12.8 Å². The Morgan fingerprint density at radius 1 is 1.47 bits per heavy atom. The number of ether oxygens (including phenoxy) is 1. The number of aryl methyl sites for hydroxylation is 1. The Labute approximate surface area is 102 Å². The van der Waals surface area contributed by atoms with Crippen LogP contribution in [0.5, 0.6) is 0 Å². The molecule has 1 aromatic rings. The van der Waals surface area contributed by atoms with Gasteiger partial charge in [0, 0.05) is 18.8 Å². The average Bonchev–Trinajstić information content (AvgIpc) is 2.75. The van der Waals surface area contributed by atoms with Gasteiger partial charge in [0.1, 0.15) is 0 Å². The van der Waals surface area contributed by atoms with Crippen LogP contribution in [-0.4, -0.2) is 26.2 Å². The van der Waals surface area contributed by atoms with Crippen LogP contribution >= 0.6 is 0 Å². The monoisotopic (exact) mass is 233 g/mol. The molecule has 0 spiro atoms. The molecular formula is C14H19NO2. The van der Waals surface area contributed by atoms with Crippen molar-refractivity contribution in [3.8, 4) is 0 Å². The van der Waals surface area contributed by atoms with Crippen LogP contribution in [0.15, 0.2) is 18.2 Å². The summed E-state index contributed by atoms with van der Waals surface area (Å²) in [5.74, 6) is 0.499. The Hall–Kier alpha value is -1.51. The van der Waals surface area contributed by atoms with Crippen LogP contribution in [0.3, 0.4) is 0 Å². The van der Waals surface area contributed by atoms with E-state index in [1.54, 1.807) is 0 Å². The maximum absolute atomic E-state index is 11.5. The van der Waals surface area contributed by atoms with Gasteiger partial charge in [0.15, 0.2) is 0 Å². The van der Waals surface area contributed by atoms with Gasteiger partial charge >= 0.3 is 5.97 Å². The summed E-state index contributed by atoms with van der Waals surface area (Å²) in [7, 11) is 1.41. The zero-order chi connectivity index (χ0) is 12.4. The molecular weight excluding hydrogens is 214 g/mol. The van der Waals surface area contributed by atoms with E-state index < -0.39 is 0 Å².